The number of carbonyl (C=O) groups is 1. The summed E-state index contributed by atoms with van der Waals surface area (Å²) in [6.45, 7) is 2.97. The molecular weight excluding hydrogens is 564 g/mol. The minimum atomic E-state index is -0.0671. The molecule has 4 heterocycles. The van der Waals surface area contributed by atoms with Crippen molar-refractivity contribution in [2.45, 2.75) is 13.3 Å². The molecule has 4 aromatic rings. The monoisotopic (exact) mass is 589 g/mol. The molecule has 34 heavy (non-hydrogen) atoms. The zero-order valence-corrected chi connectivity index (χ0v) is 22.6. The Bertz CT molecular complexity index is 1430. The van der Waals surface area contributed by atoms with Gasteiger partial charge in [-0.3, -0.25) is 9.48 Å². The largest absolute Gasteiger partial charge is 0.477 e. The number of fused-ring (bicyclic) bond motifs is 4. The van der Waals surface area contributed by atoms with E-state index in [9.17, 15) is 4.79 Å². The van der Waals surface area contributed by atoms with Gasteiger partial charge in [-0.15, -0.1) is 0 Å². The molecule has 0 saturated carbocycles. The fourth-order valence-corrected chi connectivity index (χ4v) is 5.87. The van der Waals surface area contributed by atoms with Crippen molar-refractivity contribution in [2.75, 3.05) is 20.2 Å². The number of nitrogens with zero attached hydrogens (tertiary/aromatic N) is 7. The molecule has 0 N–H and O–H groups in total. The van der Waals surface area contributed by atoms with Gasteiger partial charge in [0.2, 0.25) is 5.88 Å². The number of hydrogen-bond donors (Lipinski definition) is 0. The molecule has 176 valence electrons. The van der Waals surface area contributed by atoms with Crippen LogP contribution in [0.15, 0.2) is 24.4 Å². The highest BCUT2D eigenvalue weighted by Gasteiger charge is 2.22. The van der Waals surface area contributed by atoms with Gasteiger partial charge in [-0.2, -0.15) is 15.3 Å². The van der Waals surface area contributed by atoms with E-state index in [4.69, 9.17) is 9.84 Å². The van der Waals surface area contributed by atoms with Crippen molar-refractivity contribution in [3.05, 3.63) is 47.0 Å². The van der Waals surface area contributed by atoms with Gasteiger partial charge < -0.3 is 9.64 Å². The van der Waals surface area contributed by atoms with E-state index in [1.165, 1.54) is 0 Å². The summed E-state index contributed by atoms with van der Waals surface area (Å²) in [4.78, 5) is 15.0. The van der Waals surface area contributed by atoms with Crippen LogP contribution in [0.2, 0.25) is 0 Å². The predicted molar refractivity (Wildman–Crippen MR) is 144 cm³/mol. The van der Waals surface area contributed by atoms with Crippen molar-refractivity contribution in [3.8, 4) is 17.0 Å². The van der Waals surface area contributed by atoms with Crippen LogP contribution < -0.4 is 4.74 Å². The van der Waals surface area contributed by atoms with Gasteiger partial charge in [-0.05, 0) is 65.2 Å². The fraction of sp³-hybridized carbons (Fsp3) is 0.304. The smallest absolute Gasteiger partial charge is 0.272 e. The van der Waals surface area contributed by atoms with E-state index >= 15 is 0 Å². The Kier molecular flexibility index (Phi) is 6.20. The first-order valence-corrected chi connectivity index (χ1v) is 15.0. The van der Waals surface area contributed by atoms with Gasteiger partial charge in [0, 0.05) is 38.6 Å². The summed E-state index contributed by atoms with van der Waals surface area (Å²) in [7, 11) is 5.50. The molecule has 0 radical (unpaired) electrons. The molecule has 9 nitrogen and oxygen atoms in total. The summed E-state index contributed by atoms with van der Waals surface area (Å²) in [6.07, 6.45) is 6.93. The van der Waals surface area contributed by atoms with Crippen LogP contribution in [-0.2, 0) is 14.1 Å². The topological polar surface area (TPSA) is 83.0 Å². The van der Waals surface area contributed by atoms with Crippen molar-refractivity contribution in [1.82, 2.24) is 34.0 Å². The first-order chi connectivity index (χ1) is 16.4. The van der Waals surface area contributed by atoms with Gasteiger partial charge in [-0.1, -0.05) is 6.07 Å². The molecule has 1 aromatic carbocycles. The average Bonchev–Trinajstić information content (AvgIpc) is 3.46. The van der Waals surface area contributed by atoms with Crippen LogP contribution in [0.25, 0.3) is 34.2 Å². The standard InChI is InChI=1S/C23H25IN7O2P/c1-14-16-7-8-19-17-12-15(6-9-20(17)31(27-19)34-24)18-13-25-30(4)23(18)33-11-5-10-28(2)22(32)21(16)29(3)26-14/h6-9,12-13,34H,5,10-11H2,1-4H3/b8-7+. The third-order valence-electron chi connectivity index (χ3n) is 6.09. The Morgan fingerprint density at radius 3 is 2.74 bits per heavy atom. The number of rotatable bonds is 1. The summed E-state index contributed by atoms with van der Waals surface area (Å²) < 4.78 is 11.6. The number of carbonyl (C=O) groups excluding carboxylic acids is 1. The lowest BCUT2D eigenvalue weighted by atomic mass is 10.0. The highest BCUT2D eigenvalue weighted by molar-refractivity contribution is 14.2. The molecule has 1 aliphatic heterocycles. The second kappa shape index (κ2) is 9.14. The second-order valence-electron chi connectivity index (χ2n) is 8.33. The molecule has 3 aromatic heterocycles. The summed E-state index contributed by atoms with van der Waals surface area (Å²) in [5, 5.41) is 14.8. The fourth-order valence-electron chi connectivity index (χ4n) is 4.33. The molecule has 1 amide bonds. The Labute approximate surface area is 212 Å². The van der Waals surface area contributed by atoms with E-state index in [1.54, 1.807) is 14.3 Å². The van der Waals surface area contributed by atoms with Crippen molar-refractivity contribution in [1.29, 1.82) is 0 Å². The SMILES string of the molecule is Cc1nn(C)c2c1/C=C/c1nn(PI)c3ccc(cc13)-c1cnn(C)c1OCCCN(C)C2=O. The van der Waals surface area contributed by atoms with Crippen molar-refractivity contribution in [2.24, 2.45) is 14.1 Å². The Morgan fingerprint density at radius 1 is 1.12 bits per heavy atom. The third-order valence-corrected chi connectivity index (χ3v) is 7.96. The van der Waals surface area contributed by atoms with Gasteiger partial charge in [0.05, 0.1) is 41.6 Å². The molecule has 0 saturated heterocycles. The minimum absolute atomic E-state index is 0.0671. The number of hydrogen-bond acceptors (Lipinski definition) is 5. The van der Waals surface area contributed by atoms with Crippen LogP contribution in [0.5, 0.6) is 5.88 Å². The summed E-state index contributed by atoms with van der Waals surface area (Å²) in [5.74, 6) is 0.646. The van der Waals surface area contributed by atoms with E-state index in [2.05, 4.69) is 50.4 Å². The predicted octanol–water partition coefficient (Wildman–Crippen LogP) is 4.30. The first-order valence-electron chi connectivity index (χ1n) is 10.9. The molecule has 1 unspecified atom stereocenters. The maximum Gasteiger partial charge on any atom is 0.272 e. The lowest BCUT2D eigenvalue weighted by molar-refractivity contribution is 0.0776. The minimum Gasteiger partial charge on any atom is -0.477 e. The number of ether oxygens (including phenoxy) is 1. The van der Waals surface area contributed by atoms with Gasteiger partial charge in [-0.25, -0.2) is 9.13 Å². The van der Waals surface area contributed by atoms with E-state index < -0.39 is 0 Å². The lowest BCUT2D eigenvalue weighted by Crippen LogP contribution is -2.30. The zero-order valence-electron chi connectivity index (χ0n) is 19.4. The first kappa shape index (κ1) is 23.0. The van der Waals surface area contributed by atoms with Crippen LogP contribution in [0, 0.1) is 6.92 Å². The van der Waals surface area contributed by atoms with Crippen molar-refractivity contribution in [3.63, 3.8) is 0 Å². The lowest BCUT2D eigenvalue weighted by Gasteiger charge is -2.18. The molecule has 0 spiro atoms. The maximum absolute atomic E-state index is 13.3. The van der Waals surface area contributed by atoms with Crippen molar-refractivity contribution < 1.29 is 9.53 Å². The number of halogens is 1. The van der Waals surface area contributed by atoms with E-state index in [-0.39, 0.29) is 5.91 Å². The van der Waals surface area contributed by atoms with E-state index in [0.717, 1.165) is 39.0 Å². The van der Waals surface area contributed by atoms with Crippen LogP contribution in [0.3, 0.4) is 0 Å². The van der Waals surface area contributed by atoms with E-state index in [1.807, 2.05) is 50.9 Å². The number of aryl methyl sites for hydroxylation is 3. The highest BCUT2D eigenvalue weighted by Crippen LogP contribution is 2.36. The van der Waals surface area contributed by atoms with Gasteiger partial charge in [0.25, 0.3) is 5.91 Å². The number of aromatic nitrogens is 6. The number of amides is 1. The maximum atomic E-state index is 13.3. The Hall–Kier alpha value is -2.72. The molecular formula is C23H25IN7O2P. The quantitative estimate of drug-likeness (QED) is 0.245. The van der Waals surface area contributed by atoms with Crippen molar-refractivity contribution >= 4 is 57.4 Å². The average molecular weight is 589 g/mol. The molecule has 2 bridgehead atoms. The molecule has 1 aliphatic rings. The third kappa shape index (κ3) is 3.92. The molecule has 11 heteroatoms. The summed E-state index contributed by atoms with van der Waals surface area (Å²) in [6, 6.07) is 6.33. The Balaban J connectivity index is 1.72. The summed E-state index contributed by atoms with van der Waals surface area (Å²) >= 11 is 2.34. The van der Waals surface area contributed by atoms with E-state index in [0.29, 0.717) is 37.5 Å². The van der Waals surface area contributed by atoms with Crippen LogP contribution in [-0.4, -0.2) is 60.1 Å². The summed E-state index contributed by atoms with van der Waals surface area (Å²) in [5.41, 5.74) is 6.05. The van der Waals surface area contributed by atoms with Gasteiger partial charge in [0.15, 0.2) is 0 Å². The zero-order chi connectivity index (χ0) is 24.0. The molecule has 5 rings (SSSR count). The van der Waals surface area contributed by atoms with Gasteiger partial charge in [0.1, 0.15) is 5.69 Å². The van der Waals surface area contributed by atoms with Gasteiger partial charge >= 0.3 is 0 Å². The molecule has 1 atom stereocenters. The van der Waals surface area contributed by atoms with Crippen LogP contribution in [0.1, 0.15) is 33.9 Å². The normalized spacial score (nSPS) is 15.8. The second-order valence-corrected chi connectivity index (χ2v) is 10.4. The van der Waals surface area contributed by atoms with Crippen LogP contribution in [0.4, 0.5) is 0 Å². The highest BCUT2D eigenvalue weighted by atomic mass is 127. The Morgan fingerprint density at radius 2 is 1.94 bits per heavy atom. The molecule has 0 fully saturated rings. The van der Waals surface area contributed by atoms with Crippen LogP contribution >= 0.6 is 28.4 Å². The molecule has 0 aliphatic carbocycles. The number of benzene rings is 1.